The molecule has 0 aliphatic carbocycles. The lowest BCUT2D eigenvalue weighted by atomic mass is 10.1. The van der Waals surface area contributed by atoms with Crippen molar-refractivity contribution >= 4 is 11.6 Å². The van der Waals surface area contributed by atoms with Gasteiger partial charge in [0.1, 0.15) is 18.1 Å². The van der Waals surface area contributed by atoms with Crippen LogP contribution in [0.25, 0.3) is 0 Å². The van der Waals surface area contributed by atoms with E-state index in [1.165, 1.54) is 0 Å². The van der Waals surface area contributed by atoms with Crippen LogP contribution >= 0.6 is 11.6 Å². The normalized spacial score (nSPS) is 9.67. The van der Waals surface area contributed by atoms with Crippen molar-refractivity contribution in [1.29, 1.82) is 0 Å². The fourth-order valence-electron chi connectivity index (χ4n) is 1.91. The highest BCUT2D eigenvalue weighted by Gasteiger charge is 2.01. The lowest BCUT2D eigenvalue weighted by Crippen LogP contribution is -1.97. The number of hydrogen-bond donors (Lipinski definition) is 0. The summed E-state index contributed by atoms with van der Waals surface area (Å²) in [5, 5.41) is 0. The topological polar surface area (TPSA) is 18.5 Å². The molecule has 2 aromatic carbocycles. The molecule has 0 aromatic heterocycles. The minimum absolute atomic E-state index is 0.342. The van der Waals surface area contributed by atoms with Crippen molar-refractivity contribution in [2.45, 2.75) is 13.5 Å². The Morgan fingerprint density at radius 1 is 1.10 bits per heavy atom. The van der Waals surface area contributed by atoms with E-state index in [9.17, 15) is 0 Å². The van der Waals surface area contributed by atoms with Gasteiger partial charge in [-0.3, -0.25) is 0 Å². The first-order chi connectivity index (χ1) is 10.2. The van der Waals surface area contributed by atoms with Crippen molar-refractivity contribution in [3.8, 4) is 23.3 Å². The van der Waals surface area contributed by atoms with Crippen LogP contribution in [0, 0.1) is 18.8 Å². The van der Waals surface area contributed by atoms with Gasteiger partial charge in [0.2, 0.25) is 0 Å². The Morgan fingerprint density at radius 2 is 1.86 bits per heavy atom. The van der Waals surface area contributed by atoms with Crippen LogP contribution in [0.5, 0.6) is 11.5 Å². The van der Waals surface area contributed by atoms with Crippen LogP contribution in [0.1, 0.15) is 16.7 Å². The van der Waals surface area contributed by atoms with Gasteiger partial charge in [-0.25, -0.2) is 0 Å². The van der Waals surface area contributed by atoms with Crippen LogP contribution in [0.15, 0.2) is 42.5 Å². The number of alkyl halides is 1. The quantitative estimate of drug-likeness (QED) is 0.623. The highest BCUT2D eigenvalue weighted by atomic mass is 35.5. The summed E-state index contributed by atoms with van der Waals surface area (Å²) >= 11 is 5.55. The Hall–Kier alpha value is -2.11. The molecule has 0 aliphatic rings. The summed E-state index contributed by atoms with van der Waals surface area (Å²) in [6, 6.07) is 13.7. The lowest BCUT2D eigenvalue weighted by molar-refractivity contribution is 0.304. The van der Waals surface area contributed by atoms with Crippen molar-refractivity contribution in [2.75, 3.05) is 13.0 Å². The monoisotopic (exact) mass is 300 g/mol. The molecule has 2 aromatic rings. The minimum atomic E-state index is 0.342. The lowest BCUT2D eigenvalue weighted by Gasteiger charge is -2.10. The number of halogens is 1. The molecule has 0 atom stereocenters. The third-order valence-electron chi connectivity index (χ3n) is 3.03. The SMILES string of the molecule is COc1ccc(COc2ccc(C#CCCl)cc2C)cc1. The third-order valence-corrected chi connectivity index (χ3v) is 3.16. The molecule has 3 heteroatoms. The first kappa shape index (κ1) is 15.3. The van der Waals surface area contributed by atoms with E-state index in [-0.39, 0.29) is 0 Å². The fraction of sp³-hybridized carbons (Fsp3) is 0.222. The second-order valence-corrected chi connectivity index (χ2v) is 4.82. The molecule has 0 saturated carbocycles. The fourth-order valence-corrected chi connectivity index (χ4v) is 1.97. The number of ether oxygens (including phenoxy) is 2. The van der Waals surface area contributed by atoms with Crippen molar-refractivity contribution in [2.24, 2.45) is 0 Å². The molecule has 0 N–H and O–H groups in total. The van der Waals surface area contributed by atoms with Crippen LogP contribution in [0.3, 0.4) is 0 Å². The van der Waals surface area contributed by atoms with Crippen LogP contribution in [-0.2, 0) is 6.61 Å². The van der Waals surface area contributed by atoms with E-state index in [2.05, 4.69) is 11.8 Å². The van der Waals surface area contributed by atoms with Crippen molar-refractivity contribution in [3.05, 3.63) is 59.2 Å². The van der Waals surface area contributed by atoms with Crippen LogP contribution < -0.4 is 9.47 Å². The summed E-state index contributed by atoms with van der Waals surface area (Å²) in [6.45, 7) is 2.53. The second-order valence-electron chi connectivity index (χ2n) is 4.55. The maximum Gasteiger partial charge on any atom is 0.122 e. The first-order valence-corrected chi connectivity index (χ1v) is 7.17. The molecule has 0 radical (unpaired) electrons. The van der Waals surface area contributed by atoms with E-state index in [0.29, 0.717) is 12.5 Å². The summed E-state index contributed by atoms with van der Waals surface area (Å²) in [5.41, 5.74) is 3.11. The number of rotatable bonds is 4. The minimum Gasteiger partial charge on any atom is -0.497 e. The Kier molecular flexibility index (Phi) is 5.54. The summed E-state index contributed by atoms with van der Waals surface area (Å²) < 4.78 is 11.0. The molecule has 0 fully saturated rings. The molecule has 21 heavy (non-hydrogen) atoms. The molecular formula is C18H17ClO2. The molecule has 0 unspecified atom stereocenters. The average Bonchev–Trinajstić information content (AvgIpc) is 2.52. The third kappa shape index (κ3) is 4.44. The highest BCUT2D eigenvalue weighted by molar-refractivity contribution is 6.19. The molecule has 0 saturated heterocycles. The maximum absolute atomic E-state index is 5.84. The Balaban J connectivity index is 2.02. The Morgan fingerprint density at radius 3 is 2.48 bits per heavy atom. The molecule has 0 heterocycles. The average molecular weight is 301 g/mol. The highest BCUT2D eigenvalue weighted by Crippen LogP contribution is 2.20. The van der Waals surface area contributed by atoms with E-state index >= 15 is 0 Å². The summed E-state index contributed by atoms with van der Waals surface area (Å²) in [7, 11) is 1.66. The Bertz CT molecular complexity index is 651. The summed E-state index contributed by atoms with van der Waals surface area (Å²) in [4.78, 5) is 0. The van der Waals surface area contributed by atoms with Gasteiger partial charge in [0.05, 0.1) is 13.0 Å². The van der Waals surface area contributed by atoms with E-state index in [1.807, 2.05) is 49.4 Å². The second kappa shape index (κ2) is 7.61. The van der Waals surface area contributed by atoms with E-state index in [4.69, 9.17) is 21.1 Å². The number of hydrogen-bond acceptors (Lipinski definition) is 2. The van der Waals surface area contributed by atoms with Gasteiger partial charge in [-0.2, -0.15) is 0 Å². The molecule has 0 aliphatic heterocycles. The van der Waals surface area contributed by atoms with Gasteiger partial charge < -0.3 is 9.47 Å². The largest absolute Gasteiger partial charge is 0.497 e. The molecule has 2 nitrogen and oxygen atoms in total. The van der Waals surface area contributed by atoms with E-state index in [1.54, 1.807) is 7.11 Å². The number of aryl methyl sites for hydroxylation is 1. The maximum atomic E-state index is 5.84. The molecule has 0 bridgehead atoms. The van der Waals surface area contributed by atoms with E-state index < -0.39 is 0 Å². The molecular weight excluding hydrogens is 284 g/mol. The Labute approximate surface area is 130 Å². The van der Waals surface area contributed by atoms with Crippen molar-refractivity contribution < 1.29 is 9.47 Å². The van der Waals surface area contributed by atoms with Crippen molar-refractivity contribution in [3.63, 3.8) is 0 Å². The molecule has 0 spiro atoms. The van der Waals surface area contributed by atoms with Gasteiger partial charge in [-0.15, -0.1) is 11.6 Å². The van der Waals surface area contributed by atoms with Gasteiger partial charge in [-0.1, -0.05) is 24.0 Å². The zero-order valence-corrected chi connectivity index (χ0v) is 12.9. The number of methoxy groups -OCH3 is 1. The predicted octanol–water partition coefficient (Wildman–Crippen LogP) is 4.17. The summed E-state index contributed by atoms with van der Waals surface area (Å²) in [6.07, 6.45) is 0. The van der Waals surface area contributed by atoms with Gasteiger partial charge in [-0.05, 0) is 48.4 Å². The molecule has 2 rings (SSSR count). The van der Waals surface area contributed by atoms with Crippen LogP contribution in [-0.4, -0.2) is 13.0 Å². The van der Waals surface area contributed by atoms with Crippen molar-refractivity contribution in [1.82, 2.24) is 0 Å². The van der Waals surface area contributed by atoms with Crippen LogP contribution in [0.4, 0.5) is 0 Å². The van der Waals surface area contributed by atoms with Gasteiger partial charge in [0.25, 0.3) is 0 Å². The molecule has 0 amide bonds. The zero-order chi connectivity index (χ0) is 15.1. The van der Waals surface area contributed by atoms with Gasteiger partial charge in [0, 0.05) is 5.56 Å². The van der Waals surface area contributed by atoms with Crippen LogP contribution in [0.2, 0.25) is 0 Å². The van der Waals surface area contributed by atoms with E-state index in [0.717, 1.165) is 28.2 Å². The zero-order valence-electron chi connectivity index (χ0n) is 12.2. The van der Waals surface area contributed by atoms with Gasteiger partial charge in [0.15, 0.2) is 0 Å². The van der Waals surface area contributed by atoms with Gasteiger partial charge >= 0.3 is 0 Å². The number of benzene rings is 2. The smallest absolute Gasteiger partial charge is 0.122 e. The first-order valence-electron chi connectivity index (χ1n) is 6.64. The predicted molar refractivity (Wildman–Crippen MR) is 86.1 cm³/mol. The standard InChI is InChI=1S/C18H17ClO2/c1-14-12-15(4-3-11-19)7-10-18(14)21-13-16-5-8-17(20-2)9-6-16/h5-10,12H,11,13H2,1-2H3. The summed E-state index contributed by atoms with van der Waals surface area (Å²) in [5.74, 6) is 7.89. The molecule has 108 valence electrons.